The van der Waals surface area contributed by atoms with Crippen molar-refractivity contribution in [2.45, 2.75) is 48.9 Å². The molecule has 2 bridgehead atoms. The number of halogens is 1. The second kappa shape index (κ2) is 5.77. The quantitative estimate of drug-likeness (QED) is 0.905. The van der Waals surface area contributed by atoms with E-state index in [1.165, 1.54) is 12.8 Å². The first-order valence-electron chi connectivity index (χ1n) is 7.21. The Morgan fingerprint density at radius 2 is 2.00 bits per heavy atom. The topological polar surface area (TPSA) is 62.3 Å². The van der Waals surface area contributed by atoms with Gasteiger partial charge >= 0.3 is 0 Å². The van der Waals surface area contributed by atoms with E-state index in [0.29, 0.717) is 30.2 Å². The van der Waals surface area contributed by atoms with E-state index >= 15 is 0 Å². The van der Waals surface area contributed by atoms with Crippen molar-refractivity contribution in [1.82, 2.24) is 14.6 Å². The molecule has 3 heterocycles. The summed E-state index contributed by atoms with van der Waals surface area (Å²) in [6.07, 6.45) is 4.65. The molecule has 1 N–H and O–H groups in total. The molecule has 0 amide bonds. The van der Waals surface area contributed by atoms with E-state index in [4.69, 9.17) is 11.6 Å². The summed E-state index contributed by atoms with van der Waals surface area (Å²) in [7, 11) is -1.30. The Morgan fingerprint density at radius 1 is 1.38 bits per heavy atom. The van der Waals surface area contributed by atoms with Crippen LogP contribution in [0.5, 0.6) is 0 Å². The first-order valence-corrected chi connectivity index (χ1v) is 9.89. The standard InChI is InChI=1S/C13H20ClN3O2S2/c1-8-12(20-13(14)16-8)21(18,19)15-7-9-5-10-3-4-11(6-9)17(10)2/h9-11,15H,3-7H2,1-2H3. The largest absolute Gasteiger partial charge is 0.300 e. The molecule has 118 valence electrons. The lowest BCUT2D eigenvalue weighted by atomic mass is 9.91. The number of aryl methyl sites for hydroxylation is 1. The minimum atomic E-state index is -3.49. The number of hydrogen-bond donors (Lipinski definition) is 1. The van der Waals surface area contributed by atoms with Crippen LogP contribution in [0, 0.1) is 12.8 Å². The van der Waals surface area contributed by atoms with E-state index < -0.39 is 10.0 Å². The third-order valence-electron chi connectivity index (χ3n) is 4.73. The smallest absolute Gasteiger partial charge is 0.251 e. The van der Waals surface area contributed by atoms with E-state index in [1.54, 1.807) is 6.92 Å². The van der Waals surface area contributed by atoms with E-state index in [9.17, 15) is 8.42 Å². The molecule has 2 aliphatic heterocycles. The maximum Gasteiger partial charge on any atom is 0.251 e. The van der Waals surface area contributed by atoms with Gasteiger partial charge in [-0.3, -0.25) is 0 Å². The Kier molecular flexibility index (Phi) is 4.31. The van der Waals surface area contributed by atoms with Crippen LogP contribution in [0.15, 0.2) is 4.21 Å². The zero-order valence-electron chi connectivity index (χ0n) is 12.2. The lowest BCUT2D eigenvalue weighted by Crippen LogP contribution is -2.43. The van der Waals surface area contributed by atoms with Gasteiger partial charge in [0.2, 0.25) is 0 Å². The van der Waals surface area contributed by atoms with Crippen molar-refractivity contribution >= 4 is 33.0 Å². The highest BCUT2D eigenvalue weighted by molar-refractivity contribution is 7.91. The molecule has 1 aromatic rings. The average Bonchev–Trinajstić information content (AvgIpc) is 2.84. The third kappa shape index (κ3) is 3.12. The van der Waals surface area contributed by atoms with Crippen LogP contribution in [0.4, 0.5) is 0 Å². The maximum atomic E-state index is 12.3. The zero-order valence-corrected chi connectivity index (χ0v) is 14.6. The molecule has 0 aliphatic carbocycles. The number of nitrogens with one attached hydrogen (secondary N) is 1. The highest BCUT2D eigenvalue weighted by Crippen LogP contribution is 2.37. The van der Waals surface area contributed by atoms with Crippen molar-refractivity contribution in [2.75, 3.05) is 13.6 Å². The number of sulfonamides is 1. The molecule has 2 aliphatic rings. The molecule has 2 fully saturated rings. The monoisotopic (exact) mass is 349 g/mol. The summed E-state index contributed by atoms with van der Waals surface area (Å²) in [5.41, 5.74) is 0.473. The number of rotatable bonds is 4. The van der Waals surface area contributed by atoms with E-state index in [-0.39, 0.29) is 8.68 Å². The normalized spacial score (nSPS) is 30.0. The molecule has 2 unspecified atom stereocenters. The summed E-state index contributed by atoms with van der Waals surface area (Å²) in [5.74, 6) is 0.428. The number of piperidine rings is 1. The molecule has 21 heavy (non-hydrogen) atoms. The van der Waals surface area contributed by atoms with Crippen molar-refractivity contribution in [1.29, 1.82) is 0 Å². The maximum absolute atomic E-state index is 12.3. The van der Waals surface area contributed by atoms with Crippen LogP contribution in [0.2, 0.25) is 4.47 Å². The highest BCUT2D eigenvalue weighted by atomic mass is 35.5. The van der Waals surface area contributed by atoms with Crippen LogP contribution >= 0.6 is 22.9 Å². The third-order valence-corrected chi connectivity index (χ3v) is 8.02. The Hall–Kier alpha value is -0.210. The fourth-order valence-corrected chi connectivity index (χ4v) is 6.48. The number of fused-ring (bicyclic) bond motifs is 2. The minimum absolute atomic E-state index is 0.239. The minimum Gasteiger partial charge on any atom is -0.300 e. The van der Waals surface area contributed by atoms with Gasteiger partial charge < -0.3 is 4.90 Å². The van der Waals surface area contributed by atoms with Crippen LogP contribution in [0.3, 0.4) is 0 Å². The van der Waals surface area contributed by atoms with Crippen LogP contribution in [-0.2, 0) is 10.0 Å². The van der Waals surface area contributed by atoms with E-state index in [1.807, 2.05) is 0 Å². The summed E-state index contributed by atoms with van der Waals surface area (Å²) in [5, 5.41) is 0. The number of aromatic nitrogens is 1. The van der Waals surface area contributed by atoms with Crippen LogP contribution in [0.1, 0.15) is 31.4 Å². The Bertz CT molecular complexity index is 617. The Morgan fingerprint density at radius 3 is 2.52 bits per heavy atom. The second-order valence-corrected chi connectivity index (χ2v) is 9.62. The van der Waals surface area contributed by atoms with Gasteiger partial charge in [0.05, 0.1) is 5.69 Å². The zero-order chi connectivity index (χ0) is 15.2. The van der Waals surface area contributed by atoms with Gasteiger partial charge in [-0.2, -0.15) is 0 Å². The summed E-state index contributed by atoms with van der Waals surface area (Å²) < 4.78 is 27.9. The van der Waals surface area contributed by atoms with Crippen LogP contribution in [0.25, 0.3) is 0 Å². The molecule has 5 nitrogen and oxygen atoms in total. The van der Waals surface area contributed by atoms with Gasteiger partial charge in [-0.15, -0.1) is 0 Å². The Balaban J connectivity index is 1.64. The molecular weight excluding hydrogens is 330 g/mol. The van der Waals surface area contributed by atoms with Crippen molar-refractivity contribution in [3.8, 4) is 0 Å². The molecule has 0 spiro atoms. The predicted molar refractivity (Wildman–Crippen MR) is 84.3 cm³/mol. The van der Waals surface area contributed by atoms with Crippen molar-refractivity contribution in [3.63, 3.8) is 0 Å². The summed E-state index contributed by atoms with van der Waals surface area (Å²) >= 11 is 6.81. The molecule has 2 saturated heterocycles. The van der Waals surface area contributed by atoms with Crippen LogP contribution in [-0.4, -0.2) is 44.0 Å². The van der Waals surface area contributed by atoms with Gasteiger partial charge in [-0.1, -0.05) is 22.9 Å². The number of nitrogens with zero attached hydrogens (tertiary/aromatic N) is 2. The SMILES string of the molecule is Cc1nc(Cl)sc1S(=O)(=O)NCC1CC2CCC(C1)N2C. The van der Waals surface area contributed by atoms with Gasteiger partial charge in [-0.25, -0.2) is 18.1 Å². The fourth-order valence-electron chi connectivity index (χ4n) is 3.58. The number of thiazole rings is 1. The summed E-state index contributed by atoms with van der Waals surface area (Å²) in [6, 6.07) is 1.25. The van der Waals surface area contributed by atoms with Gasteiger partial charge in [0.1, 0.15) is 0 Å². The molecule has 3 rings (SSSR count). The lowest BCUT2D eigenvalue weighted by Gasteiger charge is -2.36. The highest BCUT2D eigenvalue weighted by Gasteiger charge is 2.38. The number of hydrogen-bond acceptors (Lipinski definition) is 5. The average molecular weight is 350 g/mol. The molecular formula is C13H20ClN3O2S2. The van der Waals surface area contributed by atoms with Gasteiger partial charge in [-0.05, 0) is 45.6 Å². The molecule has 2 atom stereocenters. The van der Waals surface area contributed by atoms with Crippen LogP contribution < -0.4 is 4.72 Å². The second-order valence-electron chi connectivity index (χ2n) is 6.08. The predicted octanol–water partition coefficient (Wildman–Crippen LogP) is 2.26. The van der Waals surface area contributed by atoms with Gasteiger partial charge in [0, 0.05) is 18.6 Å². The van der Waals surface area contributed by atoms with E-state index in [0.717, 1.165) is 24.2 Å². The van der Waals surface area contributed by atoms with Crippen molar-refractivity contribution < 1.29 is 8.42 Å². The van der Waals surface area contributed by atoms with Gasteiger partial charge in [0.25, 0.3) is 10.0 Å². The first kappa shape index (κ1) is 15.7. The molecule has 0 aromatic carbocycles. The molecule has 1 aromatic heterocycles. The summed E-state index contributed by atoms with van der Waals surface area (Å²) in [6.45, 7) is 2.19. The van der Waals surface area contributed by atoms with E-state index in [2.05, 4.69) is 21.7 Å². The molecule has 0 radical (unpaired) electrons. The van der Waals surface area contributed by atoms with Crippen molar-refractivity contribution in [3.05, 3.63) is 10.2 Å². The first-order chi connectivity index (χ1) is 9.87. The Labute approximate surface area is 134 Å². The fraction of sp³-hybridized carbons (Fsp3) is 0.769. The van der Waals surface area contributed by atoms with Crippen molar-refractivity contribution in [2.24, 2.45) is 5.92 Å². The molecule has 0 saturated carbocycles. The molecule has 8 heteroatoms. The van der Waals surface area contributed by atoms with Gasteiger partial charge in [0.15, 0.2) is 8.68 Å². The lowest BCUT2D eigenvalue weighted by molar-refractivity contribution is 0.135. The summed E-state index contributed by atoms with van der Waals surface area (Å²) in [4.78, 5) is 6.43.